The van der Waals surface area contributed by atoms with Gasteiger partial charge < -0.3 is 4.98 Å². The molecule has 2 aromatic heterocycles. The lowest BCUT2D eigenvalue weighted by molar-refractivity contribution is 0.0994. The number of ketones is 1. The van der Waals surface area contributed by atoms with E-state index in [-0.39, 0.29) is 11.0 Å². The molecule has 0 aliphatic heterocycles. The fraction of sp³-hybridized carbons (Fsp3) is 0.200. The third-order valence-corrected chi connectivity index (χ3v) is 5.50. The molecule has 1 N–H and O–H groups in total. The normalized spacial score (nSPS) is 12.6. The number of aryl methyl sites for hydroxylation is 2. The summed E-state index contributed by atoms with van der Waals surface area (Å²) in [6.45, 7) is 5.93. The van der Waals surface area contributed by atoms with Gasteiger partial charge in [0.15, 0.2) is 11.4 Å². The third kappa shape index (κ3) is 2.97. The summed E-state index contributed by atoms with van der Waals surface area (Å²) < 4.78 is 0. The number of Topliss-reactive ketones (excluding diaryl/α,β-unsaturated/α-hetero) is 1. The van der Waals surface area contributed by atoms with Crippen molar-refractivity contribution in [3.63, 3.8) is 0 Å². The number of benzene rings is 2. The van der Waals surface area contributed by atoms with Crippen molar-refractivity contribution < 1.29 is 4.79 Å². The Bertz CT molecular complexity index is 1140. The Labute approximate surface area is 155 Å². The minimum absolute atomic E-state index is 0.0680. The molecule has 4 aromatic rings. The maximum absolute atomic E-state index is 12.7. The molecule has 0 fully saturated rings. The molecule has 0 amide bonds. The molecule has 0 unspecified atom stereocenters. The molecule has 2 aromatic carbocycles. The highest BCUT2D eigenvalue weighted by Gasteiger charge is 2.19. The van der Waals surface area contributed by atoms with Crippen molar-refractivity contribution in [1.29, 1.82) is 0 Å². The summed E-state index contributed by atoms with van der Waals surface area (Å²) in [4.78, 5) is 20.5. The first-order valence-electron chi connectivity index (χ1n) is 8.42. The van der Waals surface area contributed by atoms with E-state index >= 15 is 0 Å². The van der Waals surface area contributed by atoms with Crippen molar-refractivity contribution in [3.8, 4) is 0 Å². The van der Waals surface area contributed by atoms with Crippen LogP contribution in [-0.2, 0) is 0 Å². The third-order valence-electron chi connectivity index (χ3n) is 4.55. The van der Waals surface area contributed by atoms with Crippen LogP contribution in [0.1, 0.15) is 28.4 Å². The molecule has 0 aliphatic carbocycles. The van der Waals surface area contributed by atoms with Gasteiger partial charge in [0.1, 0.15) is 5.52 Å². The van der Waals surface area contributed by atoms with E-state index in [1.54, 1.807) is 0 Å². The van der Waals surface area contributed by atoms with E-state index in [1.807, 2.05) is 63.2 Å². The van der Waals surface area contributed by atoms with Gasteiger partial charge in [-0.1, -0.05) is 42.1 Å². The quantitative estimate of drug-likeness (QED) is 0.428. The molecular formula is C20H18N4OS. The number of H-pyrrole nitrogens is 1. The van der Waals surface area contributed by atoms with Crippen LogP contribution in [0.2, 0.25) is 0 Å². The maximum atomic E-state index is 12.7. The summed E-state index contributed by atoms with van der Waals surface area (Å²) >= 11 is 1.33. The van der Waals surface area contributed by atoms with Crippen LogP contribution in [0.3, 0.4) is 0 Å². The zero-order valence-electron chi connectivity index (χ0n) is 14.8. The summed E-state index contributed by atoms with van der Waals surface area (Å²) in [6, 6.07) is 13.7. The molecule has 0 aliphatic rings. The number of carbonyl (C=O) groups excluding carboxylic acids is 1. The number of hydrogen-bond donors (Lipinski definition) is 1. The number of nitrogens with one attached hydrogen (secondary N) is 1. The second kappa shape index (κ2) is 6.53. The molecule has 130 valence electrons. The van der Waals surface area contributed by atoms with E-state index in [0.717, 1.165) is 22.0 Å². The zero-order chi connectivity index (χ0) is 18.3. The predicted octanol–water partition coefficient (Wildman–Crippen LogP) is 4.49. The summed E-state index contributed by atoms with van der Waals surface area (Å²) in [5, 5.41) is 9.71. The average Bonchev–Trinajstić information content (AvgIpc) is 3.01. The number of nitrogens with zero attached hydrogens (tertiary/aromatic N) is 3. The number of aromatic amines is 1. The topological polar surface area (TPSA) is 71.5 Å². The van der Waals surface area contributed by atoms with Gasteiger partial charge in [-0.25, -0.2) is 4.98 Å². The lowest BCUT2D eigenvalue weighted by Gasteiger charge is -2.10. The van der Waals surface area contributed by atoms with Gasteiger partial charge in [0.2, 0.25) is 5.16 Å². The molecule has 0 bridgehead atoms. The van der Waals surface area contributed by atoms with Gasteiger partial charge in [-0.15, -0.1) is 10.2 Å². The van der Waals surface area contributed by atoms with Gasteiger partial charge in [0.25, 0.3) is 0 Å². The first-order chi connectivity index (χ1) is 12.5. The molecular weight excluding hydrogens is 344 g/mol. The molecule has 26 heavy (non-hydrogen) atoms. The summed E-state index contributed by atoms with van der Waals surface area (Å²) in [5.74, 6) is 0.0680. The fourth-order valence-electron chi connectivity index (χ4n) is 2.90. The largest absolute Gasteiger partial charge is 0.338 e. The van der Waals surface area contributed by atoms with Crippen LogP contribution < -0.4 is 0 Å². The van der Waals surface area contributed by atoms with E-state index in [1.165, 1.54) is 17.3 Å². The first-order valence-corrected chi connectivity index (χ1v) is 9.30. The van der Waals surface area contributed by atoms with E-state index in [0.29, 0.717) is 16.4 Å². The second-order valence-corrected chi connectivity index (χ2v) is 7.69. The van der Waals surface area contributed by atoms with Crippen molar-refractivity contribution in [1.82, 2.24) is 20.2 Å². The number of aromatic nitrogens is 4. The Morgan fingerprint density at radius 3 is 2.69 bits per heavy atom. The summed E-state index contributed by atoms with van der Waals surface area (Å²) in [5.41, 5.74) is 5.43. The van der Waals surface area contributed by atoms with E-state index < -0.39 is 0 Å². The van der Waals surface area contributed by atoms with Crippen molar-refractivity contribution in [2.24, 2.45) is 0 Å². The maximum Gasteiger partial charge on any atom is 0.211 e. The van der Waals surface area contributed by atoms with E-state index in [9.17, 15) is 4.79 Å². The number of carbonyl (C=O) groups is 1. The number of fused-ring (bicyclic) bond motifs is 3. The van der Waals surface area contributed by atoms with Crippen LogP contribution >= 0.6 is 11.8 Å². The number of thioether (sulfide) groups is 1. The predicted molar refractivity (Wildman–Crippen MR) is 105 cm³/mol. The van der Waals surface area contributed by atoms with Gasteiger partial charge in [0, 0.05) is 16.5 Å². The second-order valence-electron chi connectivity index (χ2n) is 6.39. The van der Waals surface area contributed by atoms with Crippen molar-refractivity contribution >= 4 is 39.6 Å². The Morgan fingerprint density at radius 2 is 1.88 bits per heavy atom. The van der Waals surface area contributed by atoms with Crippen molar-refractivity contribution in [3.05, 3.63) is 59.2 Å². The Balaban J connectivity index is 1.60. The lowest BCUT2D eigenvalue weighted by Crippen LogP contribution is -2.14. The Kier molecular flexibility index (Phi) is 4.20. The highest BCUT2D eigenvalue weighted by Crippen LogP contribution is 2.26. The standard InChI is InChI=1S/C20H18N4OS/c1-11-8-9-14(10-12(11)2)18(25)13(3)26-20-22-19-17(23-24-20)15-6-4-5-7-16(15)21-19/h4-10,13H,1-3H3,(H,21,22,24)/t13-/m0/s1. The smallest absolute Gasteiger partial charge is 0.211 e. The van der Waals surface area contributed by atoms with Crippen LogP contribution in [0.15, 0.2) is 47.6 Å². The molecule has 4 rings (SSSR count). The molecule has 0 saturated heterocycles. The van der Waals surface area contributed by atoms with Crippen molar-refractivity contribution in [2.75, 3.05) is 0 Å². The first kappa shape index (κ1) is 16.7. The van der Waals surface area contributed by atoms with Crippen LogP contribution in [0.4, 0.5) is 0 Å². The van der Waals surface area contributed by atoms with E-state index in [2.05, 4.69) is 20.2 Å². The Morgan fingerprint density at radius 1 is 1.08 bits per heavy atom. The fourth-order valence-corrected chi connectivity index (χ4v) is 3.69. The molecule has 1 atom stereocenters. The minimum atomic E-state index is -0.291. The van der Waals surface area contributed by atoms with Gasteiger partial charge in [-0.2, -0.15) is 0 Å². The van der Waals surface area contributed by atoms with Crippen LogP contribution in [-0.4, -0.2) is 31.2 Å². The monoisotopic (exact) mass is 362 g/mol. The molecule has 6 heteroatoms. The molecule has 0 saturated carbocycles. The number of rotatable bonds is 4. The summed E-state index contributed by atoms with van der Waals surface area (Å²) in [6.07, 6.45) is 0. The molecule has 0 spiro atoms. The van der Waals surface area contributed by atoms with Crippen LogP contribution in [0.5, 0.6) is 0 Å². The van der Waals surface area contributed by atoms with Crippen molar-refractivity contribution in [2.45, 2.75) is 31.2 Å². The average molecular weight is 362 g/mol. The lowest BCUT2D eigenvalue weighted by atomic mass is 10.0. The highest BCUT2D eigenvalue weighted by atomic mass is 32.2. The van der Waals surface area contributed by atoms with Gasteiger partial charge in [-0.05, 0) is 44.0 Å². The van der Waals surface area contributed by atoms with Crippen LogP contribution in [0.25, 0.3) is 22.1 Å². The van der Waals surface area contributed by atoms with Gasteiger partial charge in [0.05, 0.1) is 5.25 Å². The molecule has 5 nitrogen and oxygen atoms in total. The zero-order valence-corrected chi connectivity index (χ0v) is 15.6. The molecule has 2 heterocycles. The Hall–Kier alpha value is -2.73. The van der Waals surface area contributed by atoms with Gasteiger partial charge >= 0.3 is 0 Å². The summed E-state index contributed by atoms with van der Waals surface area (Å²) in [7, 11) is 0. The highest BCUT2D eigenvalue weighted by molar-refractivity contribution is 8.00. The minimum Gasteiger partial charge on any atom is -0.338 e. The molecule has 0 radical (unpaired) electrons. The van der Waals surface area contributed by atoms with Gasteiger partial charge in [-0.3, -0.25) is 4.79 Å². The number of para-hydroxylation sites is 1. The van der Waals surface area contributed by atoms with E-state index in [4.69, 9.17) is 0 Å². The van der Waals surface area contributed by atoms with Crippen LogP contribution in [0, 0.1) is 13.8 Å². The number of hydrogen-bond acceptors (Lipinski definition) is 5. The SMILES string of the molecule is Cc1ccc(C(=O)[C@H](C)Sc2nnc3c(n2)[nH]c2ccccc23)cc1C.